The number of aromatic nitrogens is 3. The Bertz CT molecular complexity index is 537. The smallest absolute Gasteiger partial charge is 0.320 e. The fourth-order valence-corrected chi connectivity index (χ4v) is 1.68. The first-order valence-corrected chi connectivity index (χ1v) is 5.38. The summed E-state index contributed by atoms with van der Waals surface area (Å²) in [5, 5.41) is 19.9. The summed E-state index contributed by atoms with van der Waals surface area (Å²) < 4.78 is 1.84. The minimum Gasteiger partial charge on any atom is -0.480 e. The number of fused-ring (bicyclic) bond motifs is 1. The van der Waals surface area contributed by atoms with Crippen molar-refractivity contribution in [3.8, 4) is 0 Å². The lowest BCUT2D eigenvalue weighted by atomic mass is 10.2. The number of carboxylic acids is 1. The number of aliphatic carboxylic acids is 1. The normalized spacial score (nSPS) is 14.7. The van der Waals surface area contributed by atoms with Crippen LogP contribution in [-0.4, -0.2) is 31.7 Å². The maximum absolute atomic E-state index is 10.8. The predicted molar refractivity (Wildman–Crippen MR) is 61.6 cm³/mol. The van der Waals surface area contributed by atoms with Gasteiger partial charge in [0.05, 0.1) is 6.04 Å². The summed E-state index contributed by atoms with van der Waals surface area (Å²) in [6.45, 7) is 3.46. The molecule has 0 saturated heterocycles. The van der Waals surface area contributed by atoms with Crippen LogP contribution in [0.3, 0.4) is 0 Å². The maximum Gasteiger partial charge on any atom is 0.320 e. The Morgan fingerprint density at radius 1 is 1.41 bits per heavy atom. The maximum atomic E-state index is 10.8. The third kappa shape index (κ3) is 2.26. The second-order valence-corrected chi connectivity index (χ2v) is 3.94. The van der Waals surface area contributed by atoms with Crippen LogP contribution in [0.5, 0.6) is 0 Å². The van der Waals surface area contributed by atoms with E-state index >= 15 is 0 Å². The quantitative estimate of drug-likeness (QED) is 0.820. The zero-order chi connectivity index (χ0) is 12.4. The average molecular weight is 234 g/mol. The third-order valence-electron chi connectivity index (χ3n) is 2.60. The summed E-state index contributed by atoms with van der Waals surface area (Å²) in [4.78, 5) is 10.8. The lowest BCUT2D eigenvalue weighted by Gasteiger charge is -2.15. The van der Waals surface area contributed by atoms with Crippen molar-refractivity contribution in [2.24, 2.45) is 0 Å². The highest BCUT2D eigenvalue weighted by Gasteiger charge is 2.18. The largest absolute Gasteiger partial charge is 0.480 e. The molecule has 0 aromatic carbocycles. The Balaban J connectivity index is 2.25. The van der Waals surface area contributed by atoms with Gasteiger partial charge in [-0.25, -0.2) is 0 Å². The fraction of sp³-hybridized carbons (Fsp3) is 0.364. The van der Waals surface area contributed by atoms with E-state index in [2.05, 4.69) is 15.5 Å². The number of hydrogen-bond acceptors (Lipinski definition) is 4. The van der Waals surface area contributed by atoms with Gasteiger partial charge in [0, 0.05) is 6.20 Å². The molecule has 17 heavy (non-hydrogen) atoms. The van der Waals surface area contributed by atoms with Gasteiger partial charge in [0.15, 0.2) is 11.5 Å². The molecule has 0 aliphatic heterocycles. The molecular formula is C11H14N4O2. The minimum atomic E-state index is -0.884. The van der Waals surface area contributed by atoms with Crippen LogP contribution < -0.4 is 5.32 Å². The summed E-state index contributed by atoms with van der Waals surface area (Å²) in [5.41, 5.74) is 0.749. The average Bonchev–Trinajstić information content (AvgIpc) is 2.72. The lowest BCUT2D eigenvalue weighted by molar-refractivity contribution is -0.139. The van der Waals surface area contributed by atoms with Gasteiger partial charge in [0.1, 0.15) is 6.04 Å². The van der Waals surface area contributed by atoms with Crippen LogP contribution in [0.1, 0.15) is 25.7 Å². The van der Waals surface area contributed by atoms with Gasteiger partial charge < -0.3 is 5.11 Å². The van der Waals surface area contributed by atoms with Gasteiger partial charge in [-0.3, -0.25) is 14.5 Å². The Kier molecular flexibility index (Phi) is 3.06. The molecule has 2 unspecified atom stereocenters. The number of carbonyl (C=O) groups is 1. The van der Waals surface area contributed by atoms with E-state index in [1.807, 2.05) is 35.7 Å². The zero-order valence-electron chi connectivity index (χ0n) is 9.66. The van der Waals surface area contributed by atoms with Crippen LogP contribution in [0.4, 0.5) is 0 Å². The zero-order valence-corrected chi connectivity index (χ0v) is 9.66. The molecule has 0 spiro atoms. The number of rotatable bonds is 4. The van der Waals surface area contributed by atoms with E-state index in [1.54, 1.807) is 6.92 Å². The van der Waals surface area contributed by atoms with Crippen molar-refractivity contribution in [2.75, 3.05) is 0 Å². The molecule has 0 aliphatic rings. The third-order valence-corrected chi connectivity index (χ3v) is 2.60. The molecule has 0 radical (unpaired) electrons. The van der Waals surface area contributed by atoms with Crippen LogP contribution in [-0.2, 0) is 4.79 Å². The molecule has 0 saturated carbocycles. The molecule has 6 nitrogen and oxygen atoms in total. The summed E-state index contributed by atoms with van der Waals surface area (Å²) in [6, 6.07) is 4.81. The van der Waals surface area contributed by atoms with E-state index < -0.39 is 12.0 Å². The van der Waals surface area contributed by atoms with E-state index in [1.165, 1.54) is 0 Å². The van der Waals surface area contributed by atoms with Gasteiger partial charge in [0.2, 0.25) is 0 Å². The number of hydrogen-bond donors (Lipinski definition) is 2. The van der Waals surface area contributed by atoms with E-state index in [0.717, 1.165) is 5.65 Å². The molecule has 2 aromatic heterocycles. The summed E-state index contributed by atoms with van der Waals surface area (Å²) in [5.74, 6) is -0.181. The molecule has 2 heterocycles. The Morgan fingerprint density at radius 3 is 2.88 bits per heavy atom. The van der Waals surface area contributed by atoms with Crippen LogP contribution in [0.15, 0.2) is 24.4 Å². The van der Waals surface area contributed by atoms with Crippen LogP contribution in [0.2, 0.25) is 0 Å². The molecule has 0 aliphatic carbocycles. The fourth-order valence-electron chi connectivity index (χ4n) is 1.68. The van der Waals surface area contributed by atoms with Crippen molar-refractivity contribution in [1.29, 1.82) is 0 Å². The van der Waals surface area contributed by atoms with E-state index in [9.17, 15) is 4.79 Å². The minimum absolute atomic E-state index is 0.182. The van der Waals surface area contributed by atoms with Gasteiger partial charge in [-0.15, -0.1) is 10.2 Å². The number of pyridine rings is 1. The van der Waals surface area contributed by atoms with Crippen molar-refractivity contribution >= 4 is 11.6 Å². The molecule has 90 valence electrons. The standard InChI is InChI=1S/C11H14N4O2/c1-7(12-8(2)11(16)17)10-14-13-9-5-3-4-6-15(9)10/h3-8,12H,1-2H3,(H,16,17). The highest BCUT2D eigenvalue weighted by molar-refractivity contribution is 5.72. The lowest BCUT2D eigenvalue weighted by Crippen LogP contribution is -2.36. The van der Waals surface area contributed by atoms with Crippen molar-refractivity contribution in [1.82, 2.24) is 19.9 Å². The van der Waals surface area contributed by atoms with Gasteiger partial charge >= 0.3 is 5.97 Å². The summed E-state index contributed by atoms with van der Waals surface area (Å²) in [6.07, 6.45) is 1.86. The first-order chi connectivity index (χ1) is 8.09. The predicted octanol–water partition coefficient (Wildman–Crippen LogP) is 0.853. The first kappa shape index (κ1) is 11.5. The van der Waals surface area contributed by atoms with Gasteiger partial charge in [-0.2, -0.15) is 0 Å². The highest BCUT2D eigenvalue weighted by Crippen LogP contribution is 2.12. The van der Waals surface area contributed by atoms with Crippen molar-refractivity contribution < 1.29 is 9.90 Å². The number of nitrogens with one attached hydrogen (secondary N) is 1. The number of carboxylic acid groups (broad SMARTS) is 1. The number of nitrogens with zero attached hydrogens (tertiary/aromatic N) is 3. The SMILES string of the molecule is CC(NC(C)c1nnc2ccccn12)C(=O)O. The van der Waals surface area contributed by atoms with Gasteiger partial charge in [-0.05, 0) is 26.0 Å². The Labute approximate surface area is 98.3 Å². The molecular weight excluding hydrogens is 220 g/mol. The van der Waals surface area contributed by atoms with Gasteiger partial charge in [-0.1, -0.05) is 6.07 Å². The van der Waals surface area contributed by atoms with Crippen molar-refractivity contribution in [3.05, 3.63) is 30.2 Å². The summed E-state index contributed by atoms with van der Waals surface area (Å²) in [7, 11) is 0. The Morgan fingerprint density at radius 2 is 2.18 bits per heavy atom. The van der Waals surface area contributed by atoms with E-state index in [-0.39, 0.29) is 6.04 Å². The van der Waals surface area contributed by atoms with E-state index in [0.29, 0.717) is 5.82 Å². The highest BCUT2D eigenvalue weighted by atomic mass is 16.4. The second kappa shape index (κ2) is 4.50. The first-order valence-electron chi connectivity index (χ1n) is 5.38. The molecule has 2 N–H and O–H groups in total. The molecule has 0 fully saturated rings. The molecule has 2 aromatic rings. The second-order valence-electron chi connectivity index (χ2n) is 3.94. The molecule has 2 rings (SSSR count). The topological polar surface area (TPSA) is 79.5 Å². The van der Waals surface area contributed by atoms with Crippen LogP contribution in [0, 0.1) is 0 Å². The van der Waals surface area contributed by atoms with Crippen molar-refractivity contribution in [3.63, 3.8) is 0 Å². The van der Waals surface area contributed by atoms with Crippen LogP contribution in [0.25, 0.3) is 5.65 Å². The van der Waals surface area contributed by atoms with E-state index in [4.69, 9.17) is 5.11 Å². The molecule has 6 heteroatoms. The summed E-state index contributed by atoms with van der Waals surface area (Å²) >= 11 is 0. The van der Waals surface area contributed by atoms with Gasteiger partial charge in [0.25, 0.3) is 0 Å². The Hall–Kier alpha value is -1.95. The molecule has 0 bridgehead atoms. The molecule has 0 amide bonds. The molecule has 2 atom stereocenters. The monoisotopic (exact) mass is 234 g/mol. The van der Waals surface area contributed by atoms with Crippen LogP contribution >= 0.6 is 0 Å². The van der Waals surface area contributed by atoms with Crippen molar-refractivity contribution in [2.45, 2.75) is 25.9 Å².